The molecule has 106 valence electrons. The van der Waals surface area contributed by atoms with Crippen LogP contribution in [0, 0.1) is 6.92 Å². The monoisotopic (exact) mass is 356 g/mol. The van der Waals surface area contributed by atoms with Gasteiger partial charge < -0.3 is 5.11 Å². The van der Waals surface area contributed by atoms with Crippen molar-refractivity contribution in [1.82, 2.24) is 4.98 Å². The van der Waals surface area contributed by atoms with Crippen molar-refractivity contribution < 1.29 is 13.5 Å². The Kier molecular flexibility index (Phi) is 4.42. The minimum atomic E-state index is -3.73. The maximum absolute atomic E-state index is 12.1. The predicted molar refractivity (Wildman–Crippen MR) is 79.8 cm³/mol. The van der Waals surface area contributed by atoms with Crippen molar-refractivity contribution in [3.8, 4) is 0 Å². The summed E-state index contributed by atoms with van der Waals surface area (Å²) in [6.45, 7) is 1.70. The lowest BCUT2D eigenvalue weighted by molar-refractivity contribution is 0.281. The number of aryl methyl sites for hydroxylation is 1. The fraction of sp³-hybridized carbons (Fsp3) is 0.154. The van der Waals surface area contributed by atoms with Gasteiger partial charge in [0.15, 0.2) is 5.03 Å². The first kappa shape index (κ1) is 15.0. The van der Waals surface area contributed by atoms with Crippen LogP contribution in [-0.2, 0) is 16.6 Å². The highest BCUT2D eigenvalue weighted by Crippen LogP contribution is 2.22. The van der Waals surface area contributed by atoms with E-state index >= 15 is 0 Å². The number of aliphatic hydroxyl groups excluding tert-OH is 1. The van der Waals surface area contributed by atoms with Crippen LogP contribution < -0.4 is 4.72 Å². The fourth-order valence-electron chi connectivity index (χ4n) is 1.58. The van der Waals surface area contributed by atoms with Gasteiger partial charge in [0.1, 0.15) is 0 Å². The summed E-state index contributed by atoms with van der Waals surface area (Å²) < 4.78 is 27.7. The molecule has 0 aliphatic rings. The van der Waals surface area contributed by atoms with Gasteiger partial charge >= 0.3 is 0 Å². The summed E-state index contributed by atoms with van der Waals surface area (Å²) in [5, 5.41) is 8.83. The van der Waals surface area contributed by atoms with E-state index in [1.54, 1.807) is 18.2 Å². The number of pyridine rings is 1. The molecular formula is C13H13BrN2O3S. The van der Waals surface area contributed by atoms with E-state index in [0.29, 0.717) is 11.3 Å². The van der Waals surface area contributed by atoms with Crippen molar-refractivity contribution in [3.05, 3.63) is 52.1 Å². The molecule has 0 unspecified atom stereocenters. The van der Waals surface area contributed by atoms with E-state index in [-0.39, 0.29) is 11.6 Å². The lowest BCUT2D eigenvalue weighted by Crippen LogP contribution is -2.14. The zero-order valence-corrected chi connectivity index (χ0v) is 13.1. The number of hydrogen-bond donors (Lipinski definition) is 2. The van der Waals surface area contributed by atoms with Gasteiger partial charge in [0.05, 0.1) is 6.61 Å². The van der Waals surface area contributed by atoms with Crippen LogP contribution in [0.3, 0.4) is 0 Å². The largest absolute Gasteiger partial charge is 0.392 e. The number of halogens is 1. The van der Waals surface area contributed by atoms with Gasteiger partial charge in [-0.1, -0.05) is 22.0 Å². The normalized spacial score (nSPS) is 11.3. The average Bonchev–Trinajstić information content (AvgIpc) is 2.43. The lowest BCUT2D eigenvalue weighted by Gasteiger charge is -2.09. The summed E-state index contributed by atoms with van der Waals surface area (Å²) in [7, 11) is -3.73. The summed E-state index contributed by atoms with van der Waals surface area (Å²) >= 11 is 3.36. The van der Waals surface area contributed by atoms with E-state index in [1.807, 2.05) is 6.92 Å². The second kappa shape index (κ2) is 5.90. The van der Waals surface area contributed by atoms with Gasteiger partial charge in [0, 0.05) is 16.4 Å². The number of benzene rings is 1. The zero-order chi connectivity index (χ0) is 14.8. The highest BCUT2D eigenvalue weighted by Gasteiger charge is 2.16. The zero-order valence-electron chi connectivity index (χ0n) is 10.7. The molecule has 2 N–H and O–H groups in total. The highest BCUT2D eigenvalue weighted by molar-refractivity contribution is 9.10. The van der Waals surface area contributed by atoms with E-state index in [0.717, 1.165) is 10.0 Å². The molecule has 0 amide bonds. The molecule has 1 aromatic carbocycles. The van der Waals surface area contributed by atoms with Gasteiger partial charge in [-0.2, -0.15) is 8.42 Å². The molecule has 5 nitrogen and oxygen atoms in total. The first-order valence-electron chi connectivity index (χ1n) is 5.77. The molecule has 2 rings (SSSR count). The number of hydrogen-bond acceptors (Lipinski definition) is 4. The second-order valence-corrected chi connectivity index (χ2v) is 6.72. The Labute approximate surface area is 125 Å². The maximum Gasteiger partial charge on any atom is 0.279 e. The third-order valence-corrected chi connectivity index (χ3v) is 4.85. The summed E-state index contributed by atoms with van der Waals surface area (Å²) in [6.07, 6.45) is 1.33. The van der Waals surface area contributed by atoms with E-state index in [4.69, 9.17) is 5.11 Å². The second-order valence-electron chi connectivity index (χ2n) is 4.23. The summed E-state index contributed by atoms with van der Waals surface area (Å²) in [5.74, 6) is 0. The van der Waals surface area contributed by atoms with Crippen LogP contribution in [0.2, 0.25) is 0 Å². The first-order valence-corrected chi connectivity index (χ1v) is 8.05. The number of nitrogens with one attached hydrogen (secondary N) is 1. The van der Waals surface area contributed by atoms with Crippen LogP contribution in [0.1, 0.15) is 11.1 Å². The quantitative estimate of drug-likeness (QED) is 0.881. The maximum atomic E-state index is 12.1. The molecule has 1 aromatic heterocycles. The molecular weight excluding hydrogens is 344 g/mol. The van der Waals surface area contributed by atoms with E-state index in [1.165, 1.54) is 18.3 Å². The van der Waals surface area contributed by atoms with Gasteiger partial charge in [-0.15, -0.1) is 0 Å². The third kappa shape index (κ3) is 3.36. The minimum absolute atomic E-state index is 0.0877. The number of aliphatic hydroxyl groups is 1. The molecule has 2 aromatic rings. The number of nitrogens with zero attached hydrogens (tertiary/aromatic N) is 1. The van der Waals surface area contributed by atoms with Gasteiger partial charge in [0.2, 0.25) is 0 Å². The molecule has 7 heteroatoms. The van der Waals surface area contributed by atoms with Crippen LogP contribution in [0.4, 0.5) is 5.69 Å². The van der Waals surface area contributed by atoms with Crippen molar-refractivity contribution >= 4 is 31.6 Å². The van der Waals surface area contributed by atoms with Crippen molar-refractivity contribution in [2.24, 2.45) is 0 Å². The van der Waals surface area contributed by atoms with E-state index in [9.17, 15) is 8.42 Å². The van der Waals surface area contributed by atoms with Crippen molar-refractivity contribution in [2.75, 3.05) is 4.72 Å². The Hall–Kier alpha value is -1.44. The smallest absolute Gasteiger partial charge is 0.279 e. The van der Waals surface area contributed by atoms with Gasteiger partial charge in [0.25, 0.3) is 10.0 Å². The molecule has 0 aliphatic carbocycles. The van der Waals surface area contributed by atoms with Crippen molar-refractivity contribution in [2.45, 2.75) is 18.6 Å². The first-order chi connectivity index (χ1) is 9.42. The number of aromatic nitrogens is 1. The van der Waals surface area contributed by atoms with Crippen LogP contribution >= 0.6 is 15.9 Å². The van der Waals surface area contributed by atoms with Crippen LogP contribution in [0.25, 0.3) is 0 Å². The van der Waals surface area contributed by atoms with Crippen LogP contribution in [-0.4, -0.2) is 18.5 Å². The molecule has 0 atom stereocenters. The van der Waals surface area contributed by atoms with Crippen LogP contribution in [0.15, 0.2) is 46.0 Å². The molecule has 0 fully saturated rings. The topological polar surface area (TPSA) is 79.3 Å². The Bertz CT molecular complexity index is 715. The van der Waals surface area contributed by atoms with Crippen LogP contribution in [0.5, 0.6) is 0 Å². The Morgan fingerprint density at radius 1 is 1.30 bits per heavy atom. The van der Waals surface area contributed by atoms with Crippen molar-refractivity contribution in [3.63, 3.8) is 0 Å². The molecule has 1 heterocycles. The van der Waals surface area contributed by atoms with E-state index in [2.05, 4.69) is 25.6 Å². The molecule has 0 saturated heterocycles. The molecule has 0 bridgehead atoms. The highest BCUT2D eigenvalue weighted by atomic mass is 79.9. The van der Waals surface area contributed by atoms with Crippen molar-refractivity contribution in [1.29, 1.82) is 0 Å². The Morgan fingerprint density at radius 3 is 2.60 bits per heavy atom. The number of rotatable bonds is 4. The molecule has 0 radical (unpaired) electrons. The summed E-state index contributed by atoms with van der Waals surface area (Å²) in [6, 6.07) is 8.05. The molecule has 0 spiro atoms. The molecule has 0 saturated carbocycles. The Morgan fingerprint density at radius 2 is 2.05 bits per heavy atom. The average molecular weight is 357 g/mol. The number of sulfonamides is 1. The molecule has 0 aliphatic heterocycles. The Balaban J connectivity index is 2.27. The summed E-state index contributed by atoms with van der Waals surface area (Å²) in [5.41, 5.74) is 1.95. The SMILES string of the molecule is Cc1cc(NS(=O)(=O)c2ccc(CO)cn2)ccc1Br. The van der Waals surface area contributed by atoms with Gasteiger partial charge in [-0.3, -0.25) is 4.72 Å². The minimum Gasteiger partial charge on any atom is -0.392 e. The lowest BCUT2D eigenvalue weighted by atomic mass is 10.2. The third-order valence-electron chi connectivity index (χ3n) is 2.67. The predicted octanol–water partition coefficient (Wildman–Crippen LogP) is 2.45. The van der Waals surface area contributed by atoms with E-state index < -0.39 is 10.0 Å². The molecule has 20 heavy (non-hydrogen) atoms. The van der Waals surface area contributed by atoms with Gasteiger partial charge in [-0.25, -0.2) is 4.98 Å². The summed E-state index contributed by atoms with van der Waals surface area (Å²) in [4.78, 5) is 3.84. The standard InChI is InChI=1S/C13H13BrN2O3S/c1-9-6-11(3-4-12(9)14)16-20(18,19)13-5-2-10(8-17)7-15-13/h2-7,16-17H,8H2,1H3. The fourth-order valence-corrected chi connectivity index (χ4v) is 2.81. The number of anilines is 1. The van der Waals surface area contributed by atoms with Gasteiger partial charge in [-0.05, 0) is 42.3 Å².